The van der Waals surface area contributed by atoms with Crippen LogP contribution >= 0.6 is 22.9 Å². The number of rotatable bonds is 5. The Morgan fingerprint density at radius 2 is 2.20 bits per heavy atom. The fourth-order valence-corrected chi connectivity index (χ4v) is 2.75. The Morgan fingerprint density at radius 3 is 2.92 bits per heavy atom. The van der Waals surface area contributed by atoms with Gasteiger partial charge in [-0.05, 0) is 24.3 Å². The summed E-state index contributed by atoms with van der Waals surface area (Å²) in [5.74, 6) is -1.15. The minimum absolute atomic E-state index is 0.119. The van der Waals surface area contributed by atoms with Crippen molar-refractivity contribution in [3.63, 3.8) is 0 Å². The van der Waals surface area contributed by atoms with E-state index in [0.29, 0.717) is 5.13 Å². The molecular weight excluding hydrogens is 369 g/mol. The molecule has 0 spiro atoms. The van der Waals surface area contributed by atoms with Crippen LogP contribution in [0.1, 0.15) is 15.9 Å². The zero-order valence-electron chi connectivity index (χ0n) is 12.6. The molecule has 0 atom stereocenters. The number of carbonyl (C=O) groups excluding carboxylic acids is 1. The number of hydrogen-bond acceptors (Lipinski definition) is 5. The largest absolute Gasteiger partial charge is 0.406 e. The fourth-order valence-electron chi connectivity index (χ4n) is 2.00. The molecule has 0 fully saturated rings. The van der Waals surface area contributed by atoms with Gasteiger partial charge in [0.2, 0.25) is 0 Å². The monoisotopic (exact) mass is 379 g/mol. The van der Waals surface area contributed by atoms with Crippen LogP contribution in [0, 0.1) is 5.82 Å². The maximum atomic E-state index is 13.8. The third-order valence-electron chi connectivity index (χ3n) is 3.22. The molecule has 0 aliphatic rings. The molecule has 0 bridgehead atoms. The summed E-state index contributed by atoms with van der Waals surface area (Å²) in [5, 5.41) is 4.77. The lowest BCUT2D eigenvalue weighted by atomic mass is 10.2. The van der Waals surface area contributed by atoms with E-state index in [2.05, 4.69) is 10.3 Å². The number of anilines is 1. The molecule has 0 unspecified atom stereocenters. The van der Waals surface area contributed by atoms with Crippen molar-refractivity contribution in [3.8, 4) is 0 Å². The number of hydrogen-bond donors (Lipinski definition) is 1. The number of amides is 1. The summed E-state index contributed by atoms with van der Waals surface area (Å²) in [6.07, 6.45) is 2.86. The summed E-state index contributed by atoms with van der Waals surface area (Å²) >= 11 is 7.15. The van der Waals surface area contributed by atoms with Gasteiger partial charge < -0.3 is 4.84 Å². The smallest absolute Gasteiger partial charge is 0.295 e. The number of thiazole rings is 1. The van der Waals surface area contributed by atoms with Crippen molar-refractivity contribution in [2.45, 2.75) is 6.61 Å². The average Bonchev–Trinajstić information content (AvgIpc) is 3.08. The van der Waals surface area contributed by atoms with Crippen LogP contribution in [0.25, 0.3) is 0 Å². The molecule has 1 amide bonds. The SMILES string of the molecule is O=C(Nc1nccs1)c1cccn(OCc2c(F)cccc2Cl)c1=O. The molecule has 25 heavy (non-hydrogen) atoms. The van der Waals surface area contributed by atoms with Gasteiger partial charge in [0.05, 0.1) is 5.02 Å². The van der Waals surface area contributed by atoms with Gasteiger partial charge in [0.1, 0.15) is 18.0 Å². The highest BCUT2D eigenvalue weighted by molar-refractivity contribution is 7.13. The highest BCUT2D eigenvalue weighted by Gasteiger charge is 2.15. The van der Waals surface area contributed by atoms with E-state index < -0.39 is 17.3 Å². The molecular formula is C16H11ClFN3O3S. The van der Waals surface area contributed by atoms with Crippen LogP contribution in [0.4, 0.5) is 9.52 Å². The van der Waals surface area contributed by atoms with Gasteiger partial charge in [-0.15, -0.1) is 11.3 Å². The third-order valence-corrected chi connectivity index (χ3v) is 4.26. The highest BCUT2D eigenvalue weighted by Crippen LogP contribution is 2.18. The Hall–Kier alpha value is -2.71. The van der Waals surface area contributed by atoms with E-state index in [9.17, 15) is 14.0 Å². The van der Waals surface area contributed by atoms with Crippen LogP contribution in [0.15, 0.2) is 52.9 Å². The molecule has 2 aromatic heterocycles. The Kier molecular flexibility index (Phi) is 5.11. The quantitative estimate of drug-likeness (QED) is 0.739. The Bertz CT molecular complexity index is 939. The molecule has 3 aromatic rings. The van der Waals surface area contributed by atoms with E-state index in [1.165, 1.54) is 54.1 Å². The molecule has 0 radical (unpaired) electrons. The molecule has 1 N–H and O–H groups in total. The fraction of sp³-hybridized carbons (Fsp3) is 0.0625. The van der Waals surface area contributed by atoms with Crippen LogP contribution in [-0.2, 0) is 6.61 Å². The summed E-state index contributed by atoms with van der Waals surface area (Å²) in [7, 11) is 0. The molecule has 1 aromatic carbocycles. The maximum Gasteiger partial charge on any atom is 0.295 e. The molecule has 0 saturated carbocycles. The first-order chi connectivity index (χ1) is 12.1. The van der Waals surface area contributed by atoms with Crippen LogP contribution in [0.3, 0.4) is 0 Å². The summed E-state index contributed by atoms with van der Waals surface area (Å²) in [6.45, 7) is -0.261. The minimum atomic E-state index is -0.677. The number of halogens is 2. The first-order valence-electron chi connectivity index (χ1n) is 7.05. The van der Waals surface area contributed by atoms with Gasteiger partial charge in [0.15, 0.2) is 5.13 Å². The van der Waals surface area contributed by atoms with E-state index >= 15 is 0 Å². The van der Waals surface area contributed by atoms with Crippen molar-refractivity contribution >= 4 is 34.0 Å². The van der Waals surface area contributed by atoms with Crippen molar-refractivity contribution in [2.24, 2.45) is 0 Å². The normalized spacial score (nSPS) is 10.5. The number of nitrogens with one attached hydrogen (secondary N) is 1. The van der Waals surface area contributed by atoms with Gasteiger partial charge >= 0.3 is 0 Å². The van der Waals surface area contributed by atoms with Gasteiger partial charge in [-0.1, -0.05) is 17.7 Å². The molecule has 0 aliphatic carbocycles. The summed E-state index contributed by atoms with van der Waals surface area (Å²) in [5.41, 5.74) is -0.685. The lowest BCUT2D eigenvalue weighted by Crippen LogP contribution is -2.32. The Balaban J connectivity index is 1.79. The van der Waals surface area contributed by atoms with Gasteiger partial charge in [0.25, 0.3) is 11.5 Å². The Morgan fingerprint density at radius 1 is 1.36 bits per heavy atom. The van der Waals surface area contributed by atoms with E-state index in [4.69, 9.17) is 16.4 Å². The van der Waals surface area contributed by atoms with Gasteiger partial charge in [0, 0.05) is 23.3 Å². The van der Waals surface area contributed by atoms with Crippen molar-refractivity contribution in [1.29, 1.82) is 0 Å². The van der Waals surface area contributed by atoms with Gasteiger partial charge in [-0.2, -0.15) is 4.73 Å². The molecule has 9 heteroatoms. The third kappa shape index (κ3) is 3.86. The molecule has 2 heterocycles. The van der Waals surface area contributed by atoms with E-state index in [1.54, 1.807) is 5.38 Å². The van der Waals surface area contributed by atoms with Crippen LogP contribution in [-0.4, -0.2) is 15.6 Å². The van der Waals surface area contributed by atoms with Crippen molar-refractivity contribution < 1.29 is 14.0 Å². The van der Waals surface area contributed by atoms with Crippen molar-refractivity contribution in [1.82, 2.24) is 9.71 Å². The van der Waals surface area contributed by atoms with Crippen molar-refractivity contribution in [2.75, 3.05) is 5.32 Å². The summed E-state index contributed by atoms with van der Waals surface area (Å²) in [6, 6.07) is 7.06. The minimum Gasteiger partial charge on any atom is -0.406 e. The molecule has 128 valence electrons. The second-order valence-electron chi connectivity index (χ2n) is 4.82. The molecule has 3 rings (SSSR count). The lowest BCUT2D eigenvalue weighted by molar-refractivity contribution is 0.0847. The number of pyridine rings is 1. The molecule has 0 aliphatic heterocycles. The summed E-state index contributed by atoms with van der Waals surface area (Å²) < 4.78 is 14.6. The predicted octanol–water partition coefficient (Wildman–Crippen LogP) is 2.98. The lowest BCUT2D eigenvalue weighted by Gasteiger charge is -2.11. The molecule has 6 nitrogen and oxygen atoms in total. The van der Waals surface area contributed by atoms with Crippen LogP contribution in [0.2, 0.25) is 5.02 Å². The second-order valence-corrected chi connectivity index (χ2v) is 6.12. The standard InChI is InChI=1S/C16H11ClFN3O3S/c17-12-4-1-5-13(18)11(12)9-24-21-7-2-3-10(15(21)23)14(22)20-16-19-6-8-25-16/h1-8H,9H2,(H,19,20,22). The van der Waals surface area contributed by atoms with Crippen LogP contribution in [0.5, 0.6) is 0 Å². The predicted molar refractivity (Wildman–Crippen MR) is 92.5 cm³/mol. The van der Waals surface area contributed by atoms with Gasteiger partial charge in [-0.25, -0.2) is 9.37 Å². The van der Waals surface area contributed by atoms with E-state index in [1.807, 2.05) is 0 Å². The topological polar surface area (TPSA) is 73.2 Å². The zero-order chi connectivity index (χ0) is 17.8. The number of aromatic nitrogens is 2. The number of benzene rings is 1. The second kappa shape index (κ2) is 7.45. The zero-order valence-corrected chi connectivity index (χ0v) is 14.2. The number of nitrogens with zero attached hydrogens (tertiary/aromatic N) is 2. The highest BCUT2D eigenvalue weighted by atomic mass is 35.5. The Labute approximate surface area is 150 Å². The van der Waals surface area contributed by atoms with Crippen LogP contribution < -0.4 is 15.7 Å². The summed E-state index contributed by atoms with van der Waals surface area (Å²) in [4.78, 5) is 33.8. The van der Waals surface area contributed by atoms with E-state index in [0.717, 1.165) is 4.73 Å². The number of carbonyl (C=O) groups is 1. The average molecular weight is 380 g/mol. The van der Waals surface area contributed by atoms with Crippen molar-refractivity contribution in [3.05, 3.63) is 80.4 Å². The maximum absolute atomic E-state index is 13.8. The van der Waals surface area contributed by atoms with E-state index in [-0.39, 0.29) is 22.8 Å². The van der Waals surface area contributed by atoms with Gasteiger partial charge in [-0.3, -0.25) is 14.9 Å². The first kappa shape index (κ1) is 17.1. The molecule has 0 saturated heterocycles. The first-order valence-corrected chi connectivity index (χ1v) is 8.30.